The Labute approximate surface area is 124 Å². The third-order valence-electron chi connectivity index (χ3n) is 3.14. The number of ketones is 1. The summed E-state index contributed by atoms with van der Waals surface area (Å²) in [5.41, 5.74) is 0.484. The molecule has 1 aromatic carbocycles. The standard InChI is InChI=1S/C14H19NO5S/c1-11(16)12-3-5-13(6-4-12)21(17,18)15-8-7-14-19-9-2-10-20-14/h3-6,14-15H,2,7-10H2,1H3. The number of hydrogen-bond acceptors (Lipinski definition) is 5. The molecule has 0 amide bonds. The van der Waals surface area contributed by atoms with Crippen molar-refractivity contribution in [1.82, 2.24) is 4.72 Å². The second-order valence-corrected chi connectivity index (χ2v) is 6.56. The van der Waals surface area contributed by atoms with Gasteiger partial charge in [0, 0.05) is 18.5 Å². The third-order valence-corrected chi connectivity index (χ3v) is 4.62. The van der Waals surface area contributed by atoms with Crippen LogP contribution < -0.4 is 4.72 Å². The van der Waals surface area contributed by atoms with Gasteiger partial charge in [-0.05, 0) is 25.5 Å². The fraction of sp³-hybridized carbons (Fsp3) is 0.500. The van der Waals surface area contributed by atoms with Gasteiger partial charge in [-0.15, -0.1) is 0 Å². The Morgan fingerprint density at radius 3 is 2.43 bits per heavy atom. The molecule has 0 radical (unpaired) electrons. The number of Topliss-reactive ketones (excluding diaryl/α,β-unsaturated/α-hetero) is 1. The molecule has 7 heteroatoms. The first kappa shape index (κ1) is 16.1. The lowest BCUT2D eigenvalue weighted by molar-refractivity contribution is -0.180. The second kappa shape index (κ2) is 7.13. The summed E-state index contributed by atoms with van der Waals surface area (Å²) in [5.74, 6) is -0.0986. The van der Waals surface area contributed by atoms with Crippen LogP contribution in [0.1, 0.15) is 30.1 Å². The maximum Gasteiger partial charge on any atom is 0.240 e. The summed E-state index contributed by atoms with van der Waals surface area (Å²) < 4.78 is 37.3. The van der Waals surface area contributed by atoms with E-state index >= 15 is 0 Å². The van der Waals surface area contributed by atoms with Crippen LogP contribution in [0.4, 0.5) is 0 Å². The van der Waals surface area contributed by atoms with E-state index in [-0.39, 0.29) is 23.5 Å². The molecule has 0 unspecified atom stereocenters. The number of sulfonamides is 1. The van der Waals surface area contributed by atoms with Gasteiger partial charge in [0.1, 0.15) is 0 Å². The Bertz CT molecular complexity index is 576. The normalized spacial score (nSPS) is 16.8. The number of benzene rings is 1. The summed E-state index contributed by atoms with van der Waals surface area (Å²) in [4.78, 5) is 11.3. The summed E-state index contributed by atoms with van der Waals surface area (Å²) in [5, 5.41) is 0. The molecule has 0 bridgehead atoms. The van der Waals surface area contributed by atoms with Crippen molar-refractivity contribution in [2.24, 2.45) is 0 Å². The van der Waals surface area contributed by atoms with Crippen molar-refractivity contribution in [1.29, 1.82) is 0 Å². The molecule has 0 atom stereocenters. The summed E-state index contributed by atoms with van der Waals surface area (Å²) in [7, 11) is -3.58. The zero-order valence-corrected chi connectivity index (χ0v) is 12.7. The minimum Gasteiger partial charge on any atom is -0.353 e. The van der Waals surface area contributed by atoms with Crippen LogP contribution in [-0.4, -0.2) is 40.2 Å². The number of ether oxygens (including phenoxy) is 2. The Morgan fingerprint density at radius 1 is 1.24 bits per heavy atom. The molecule has 1 saturated heterocycles. The van der Waals surface area contributed by atoms with E-state index in [0.29, 0.717) is 25.2 Å². The minimum absolute atomic E-state index is 0.0986. The number of carbonyl (C=O) groups is 1. The first-order valence-corrected chi connectivity index (χ1v) is 8.31. The molecule has 6 nitrogen and oxygen atoms in total. The zero-order chi connectivity index (χ0) is 15.3. The molecule has 116 valence electrons. The third kappa shape index (κ3) is 4.60. The van der Waals surface area contributed by atoms with Gasteiger partial charge >= 0.3 is 0 Å². The van der Waals surface area contributed by atoms with E-state index in [1.54, 1.807) is 0 Å². The van der Waals surface area contributed by atoms with Gasteiger partial charge in [0.05, 0.1) is 18.1 Å². The Balaban J connectivity index is 1.90. The molecule has 1 aliphatic heterocycles. The fourth-order valence-electron chi connectivity index (χ4n) is 1.97. The van der Waals surface area contributed by atoms with Gasteiger partial charge in [0.15, 0.2) is 12.1 Å². The molecule has 0 spiro atoms. The topological polar surface area (TPSA) is 81.7 Å². The Hall–Kier alpha value is -1.28. The highest BCUT2D eigenvalue weighted by molar-refractivity contribution is 7.89. The highest BCUT2D eigenvalue weighted by Gasteiger charge is 2.17. The molecule has 1 fully saturated rings. The second-order valence-electron chi connectivity index (χ2n) is 4.79. The smallest absolute Gasteiger partial charge is 0.240 e. The summed E-state index contributed by atoms with van der Waals surface area (Å²) in [6.07, 6.45) is 0.983. The first-order valence-electron chi connectivity index (χ1n) is 6.83. The van der Waals surface area contributed by atoms with E-state index < -0.39 is 10.0 Å². The highest BCUT2D eigenvalue weighted by Crippen LogP contribution is 2.12. The van der Waals surface area contributed by atoms with Gasteiger partial charge in [-0.1, -0.05) is 12.1 Å². The van der Waals surface area contributed by atoms with Crippen LogP contribution in [0.15, 0.2) is 29.2 Å². The fourth-order valence-corrected chi connectivity index (χ4v) is 3.01. The van der Waals surface area contributed by atoms with Crippen molar-refractivity contribution in [3.63, 3.8) is 0 Å². The number of carbonyl (C=O) groups excluding carboxylic acids is 1. The maximum absolute atomic E-state index is 12.1. The lowest BCUT2D eigenvalue weighted by atomic mass is 10.2. The number of nitrogens with one attached hydrogen (secondary N) is 1. The quantitative estimate of drug-likeness (QED) is 0.801. The molecule has 1 aliphatic rings. The van der Waals surface area contributed by atoms with E-state index in [1.165, 1.54) is 31.2 Å². The van der Waals surface area contributed by atoms with Crippen LogP contribution in [0.2, 0.25) is 0 Å². The predicted octanol–water partition coefficient (Wildman–Crippen LogP) is 1.32. The zero-order valence-electron chi connectivity index (χ0n) is 11.9. The van der Waals surface area contributed by atoms with Crippen molar-refractivity contribution in [3.05, 3.63) is 29.8 Å². The molecule has 0 aliphatic carbocycles. The van der Waals surface area contributed by atoms with Crippen LogP contribution in [-0.2, 0) is 19.5 Å². The van der Waals surface area contributed by atoms with Crippen LogP contribution in [0.25, 0.3) is 0 Å². The van der Waals surface area contributed by atoms with E-state index in [0.717, 1.165) is 6.42 Å². The van der Waals surface area contributed by atoms with E-state index in [1.807, 2.05) is 0 Å². The van der Waals surface area contributed by atoms with E-state index in [4.69, 9.17) is 9.47 Å². The summed E-state index contributed by atoms with van der Waals surface area (Å²) in [6.45, 7) is 2.96. The molecule has 1 N–H and O–H groups in total. The monoisotopic (exact) mass is 313 g/mol. The van der Waals surface area contributed by atoms with Crippen molar-refractivity contribution in [3.8, 4) is 0 Å². The van der Waals surface area contributed by atoms with Crippen molar-refractivity contribution in [2.75, 3.05) is 19.8 Å². The predicted molar refractivity (Wildman–Crippen MR) is 76.6 cm³/mol. The SMILES string of the molecule is CC(=O)c1ccc(S(=O)(=O)NCCC2OCCCO2)cc1. The molecule has 0 saturated carbocycles. The van der Waals surface area contributed by atoms with Gasteiger partial charge in [0.2, 0.25) is 10.0 Å². The molecular weight excluding hydrogens is 294 g/mol. The van der Waals surface area contributed by atoms with Gasteiger partial charge < -0.3 is 9.47 Å². The van der Waals surface area contributed by atoms with Crippen molar-refractivity contribution < 1.29 is 22.7 Å². The van der Waals surface area contributed by atoms with Crippen LogP contribution in [0.5, 0.6) is 0 Å². The van der Waals surface area contributed by atoms with Gasteiger partial charge in [-0.25, -0.2) is 13.1 Å². The molecule has 1 heterocycles. The molecular formula is C14H19NO5S. The number of hydrogen-bond donors (Lipinski definition) is 1. The molecule has 0 aromatic heterocycles. The molecule has 21 heavy (non-hydrogen) atoms. The van der Waals surface area contributed by atoms with E-state index in [9.17, 15) is 13.2 Å². The van der Waals surface area contributed by atoms with Gasteiger partial charge in [0.25, 0.3) is 0 Å². The van der Waals surface area contributed by atoms with Crippen LogP contribution >= 0.6 is 0 Å². The molecule has 2 rings (SSSR count). The average Bonchev–Trinajstić information content (AvgIpc) is 2.48. The highest BCUT2D eigenvalue weighted by atomic mass is 32.2. The van der Waals surface area contributed by atoms with Gasteiger partial charge in [-0.2, -0.15) is 0 Å². The van der Waals surface area contributed by atoms with E-state index in [2.05, 4.69) is 4.72 Å². The Morgan fingerprint density at radius 2 is 1.86 bits per heavy atom. The molecule has 1 aromatic rings. The van der Waals surface area contributed by atoms with Crippen LogP contribution in [0.3, 0.4) is 0 Å². The lowest BCUT2D eigenvalue weighted by Gasteiger charge is -2.23. The lowest BCUT2D eigenvalue weighted by Crippen LogP contribution is -2.31. The largest absolute Gasteiger partial charge is 0.353 e. The summed E-state index contributed by atoms with van der Waals surface area (Å²) >= 11 is 0. The van der Waals surface area contributed by atoms with Crippen LogP contribution in [0, 0.1) is 0 Å². The maximum atomic E-state index is 12.1. The first-order chi connectivity index (χ1) is 9.99. The average molecular weight is 313 g/mol. The Kier molecular flexibility index (Phi) is 5.46. The van der Waals surface area contributed by atoms with Gasteiger partial charge in [-0.3, -0.25) is 4.79 Å². The number of rotatable bonds is 6. The summed E-state index contributed by atoms with van der Waals surface area (Å²) in [6, 6.07) is 5.86. The van der Waals surface area contributed by atoms with Crippen molar-refractivity contribution in [2.45, 2.75) is 31.0 Å². The minimum atomic E-state index is -3.58. The van der Waals surface area contributed by atoms with Crippen molar-refractivity contribution >= 4 is 15.8 Å².